The first kappa shape index (κ1) is 20.6. The first-order valence-electron chi connectivity index (χ1n) is 10.4. The lowest BCUT2D eigenvalue weighted by atomic mass is 10.0. The maximum Gasteiger partial charge on any atom is 0.337 e. The minimum Gasteiger partial charge on any atom is -0.320 e. The third kappa shape index (κ3) is 3.77. The molecule has 0 N–H and O–H groups in total. The van der Waals surface area contributed by atoms with Crippen molar-refractivity contribution in [1.82, 2.24) is 18.7 Å². The molecule has 0 radical (unpaired) electrons. The number of hydrogen-bond donors (Lipinski definition) is 0. The molecule has 0 amide bonds. The monoisotopic (exact) mass is 414 g/mol. The summed E-state index contributed by atoms with van der Waals surface area (Å²) in [4.78, 5) is 31.0. The van der Waals surface area contributed by atoms with Gasteiger partial charge in [0.25, 0.3) is 5.56 Å². The number of aromatic nitrogens is 4. The van der Waals surface area contributed by atoms with Crippen LogP contribution in [-0.2, 0) is 13.1 Å². The van der Waals surface area contributed by atoms with Crippen LogP contribution in [0.25, 0.3) is 16.9 Å². The lowest BCUT2D eigenvalue weighted by Gasteiger charge is -2.13. The van der Waals surface area contributed by atoms with Gasteiger partial charge in [0.15, 0.2) is 11.2 Å². The summed E-state index contributed by atoms with van der Waals surface area (Å²) < 4.78 is 4.52. The van der Waals surface area contributed by atoms with Crippen LogP contribution in [0.1, 0.15) is 36.5 Å². The average Bonchev–Trinajstić information content (AvgIpc) is 3.16. The summed E-state index contributed by atoms with van der Waals surface area (Å²) in [5.41, 5.74) is 4.06. The van der Waals surface area contributed by atoms with Crippen molar-refractivity contribution in [2.75, 3.05) is 0 Å². The van der Waals surface area contributed by atoms with Crippen LogP contribution in [0.2, 0.25) is 0 Å². The molecule has 0 unspecified atom stereocenters. The third-order valence-electron chi connectivity index (χ3n) is 5.50. The molecule has 0 spiro atoms. The SMILES string of the molecule is C=CCn1c(=O)c2c(ncn2Cc2ccc(C)cc2)n(-c2ccc(C(C)C)cc2)c1=O. The van der Waals surface area contributed by atoms with E-state index in [0.717, 1.165) is 5.56 Å². The predicted molar refractivity (Wildman–Crippen MR) is 124 cm³/mol. The van der Waals surface area contributed by atoms with Crippen molar-refractivity contribution < 1.29 is 0 Å². The van der Waals surface area contributed by atoms with Gasteiger partial charge in [-0.2, -0.15) is 0 Å². The molecule has 0 saturated carbocycles. The summed E-state index contributed by atoms with van der Waals surface area (Å²) in [5.74, 6) is 0.384. The molecule has 0 aliphatic heterocycles. The van der Waals surface area contributed by atoms with Crippen molar-refractivity contribution in [3.63, 3.8) is 0 Å². The molecular weight excluding hydrogens is 388 g/mol. The van der Waals surface area contributed by atoms with Crippen molar-refractivity contribution in [2.24, 2.45) is 0 Å². The smallest absolute Gasteiger partial charge is 0.320 e. The summed E-state index contributed by atoms with van der Waals surface area (Å²) in [6.07, 6.45) is 3.18. The van der Waals surface area contributed by atoms with E-state index in [2.05, 4.69) is 25.4 Å². The number of imidazole rings is 1. The molecule has 4 rings (SSSR count). The Kier molecular flexibility index (Phi) is 5.46. The number of rotatable bonds is 6. The molecule has 2 aromatic carbocycles. The highest BCUT2D eigenvalue weighted by Gasteiger charge is 2.19. The molecular formula is C25H26N4O2. The maximum absolute atomic E-state index is 13.2. The molecule has 6 nitrogen and oxygen atoms in total. The van der Waals surface area contributed by atoms with Gasteiger partial charge in [-0.15, -0.1) is 6.58 Å². The van der Waals surface area contributed by atoms with Crippen molar-refractivity contribution in [2.45, 2.75) is 39.8 Å². The first-order chi connectivity index (χ1) is 14.9. The molecule has 158 valence electrons. The Hall–Kier alpha value is -3.67. The van der Waals surface area contributed by atoms with Gasteiger partial charge in [-0.25, -0.2) is 14.3 Å². The molecule has 0 atom stereocenters. The van der Waals surface area contributed by atoms with Gasteiger partial charge in [0.2, 0.25) is 0 Å². The van der Waals surface area contributed by atoms with Crippen LogP contribution >= 0.6 is 0 Å². The van der Waals surface area contributed by atoms with Gasteiger partial charge < -0.3 is 4.57 Å². The Morgan fingerprint density at radius 1 is 1.03 bits per heavy atom. The van der Waals surface area contributed by atoms with E-state index in [4.69, 9.17) is 0 Å². The van der Waals surface area contributed by atoms with E-state index in [1.807, 2.05) is 55.5 Å². The third-order valence-corrected chi connectivity index (χ3v) is 5.50. The molecule has 4 aromatic rings. The highest BCUT2D eigenvalue weighted by Crippen LogP contribution is 2.19. The molecule has 0 bridgehead atoms. The average molecular weight is 415 g/mol. The van der Waals surface area contributed by atoms with Gasteiger partial charge in [0.05, 0.1) is 12.0 Å². The van der Waals surface area contributed by atoms with Crippen LogP contribution in [0.15, 0.2) is 77.1 Å². The number of fused-ring (bicyclic) bond motifs is 1. The van der Waals surface area contributed by atoms with E-state index >= 15 is 0 Å². The predicted octanol–water partition coefficient (Wildman–Crippen LogP) is 4.02. The van der Waals surface area contributed by atoms with Crippen molar-refractivity contribution in [1.29, 1.82) is 0 Å². The molecule has 0 aliphatic carbocycles. The van der Waals surface area contributed by atoms with Crippen LogP contribution in [0.4, 0.5) is 0 Å². The molecule has 2 heterocycles. The van der Waals surface area contributed by atoms with Crippen LogP contribution in [0.5, 0.6) is 0 Å². The van der Waals surface area contributed by atoms with Gasteiger partial charge in [-0.3, -0.25) is 9.36 Å². The standard InChI is InChI=1S/C25H26N4O2/c1-5-14-28-24(30)22-23(26-16-27(22)15-19-8-6-18(4)7-9-19)29(25(28)31)21-12-10-20(11-13-21)17(2)3/h5-13,16-17H,1,14-15H2,2-4H3. The summed E-state index contributed by atoms with van der Waals surface area (Å²) in [5, 5.41) is 0. The van der Waals surface area contributed by atoms with E-state index in [0.29, 0.717) is 29.3 Å². The molecule has 0 fully saturated rings. The van der Waals surface area contributed by atoms with E-state index in [-0.39, 0.29) is 12.1 Å². The lowest BCUT2D eigenvalue weighted by molar-refractivity contribution is 0.690. The summed E-state index contributed by atoms with van der Waals surface area (Å²) in [6, 6.07) is 16.0. The van der Waals surface area contributed by atoms with Crippen LogP contribution < -0.4 is 11.2 Å². The number of benzene rings is 2. The van der Waals surface area contributed by atoms with Crippen molar-refractivity contribution in [3.05, 3.63) is 105 Å². The molecule has 0 saturated heterocycles. The topological polar surface area (TPSA) is 61.8 Å². The molecule has 2 aromatic heterocycles. The number of allylic oxidation sites excluding steroid dienone is 1. The summed E-state index contributed by atoms with van der Waals surface area (Å²) in [6.45, 7) is 10.6. The second kappa shape index (κ2) is 8.22. The Bertz CT molecular complexity index is 1350. The van der Waals surface area contributed by atoms with Gasteiger partial charge >= 0.3 is 5.69 Å². The minimum atomic E-state index is -0.421. The van der Waals surface area contributed by atoms with Gasteiger partial charge in [-0.05, 0) is 36.1 Å². The second-order valence-corrected chi connectivity index (χ2v) is 8.10. The summed E-state index contributed by atoms with van der Waals surface area (Å²) >= 11 is 0. The quantitative estimate of drug-likeness (QED) is 0.448. The summed E-state index contributed by atoms with van der Waals surface area (Å²) in [7, 11) is 0. The highest BCUT2D eigenvalue weighted by atomic mass is 16.2. The highest BCUT2D eigenvalue weighted by molar-refractivity contribution is 5.72. The van der Waals surface area contributed by atoms with Gasteiger partial charge in [-0.1, -0.05) is 61.9 Å². The van der Waals surface area contributed by atoms with E-state index in [9.17, 15) is 9.59 Å². The van der Waals surface area contributed by atoms with Crippen molar-refractivity contribution in [3.8, 4) is 5.69 Å². The fourth-order valence-corrected chi connectivity index (χ4v) is 3.72. The zero-order valence-corrected chi connectivity index (χ0v) is 18.1. The molecule has 6 heteroatoms. The Labute approximate surface area is 180 Å². The minimum absolute atomic E-state index is 0.132. The van der Waals surface area contributed by atoms with Gasteiger partial charge in [0.1, 0.15) is 0 Å². The number of nitrogens with zero attached hydrogens (tertiary/aromatic N) is 4. The maximum atomic E-state index is 13.2. The van der Waals surface area contributed by atoms with E-state index in [1.165, 1.54) is 20.3 Å². The normalized spacial score (nSPS) is 11.4. The zero-order valence-electron chi connectivity index (χ0n) is 18.1. The Morgan fingerprint density at radius 2 is 1.71 bits per heavy atom. The largest absolute Gasteiger partial charge is 0.337 e. The van der Waals surface area contributed by atoms with Crippen molar-refractivity contribution >= 4 is 11.2 Å². The number of aryl methyl sites for hydroxylation is 1. The molecule has 0 aliphatic rings. The first-order valence-corrected chi connectivity index (χ1v) is 10.4. The van der Waals surface area contributed by atoms with Crippen LogP contribution in [-0.4, -0.2) is 18.7 Å². The lowest BCUT2D eigenvalue weighted by Crippen LogP contribution is -2.39. The van der Waals surface area contributed by atoms with Crippen LogP contribution in [0.3, 0.4) is 0 Å². The fraction of sp³-hybridized carbons (Fsp3) is 0.240. The second-order valence-electron chi connectivity index (χ2n) is 8.10. The van der Waals surface area contributed by atoms with E-state index in [1.54, 1.807) is 17.0 Å². The molecule has 31 heavy (non-hydrogen) atoms. The Balaban J connectivity index is 1.94. The number of hydrogen-bond acceptors (Lipinski definition) is 3. The fourth-order valence-electron chi connectivity index (χ4n) is 3.72. The van der Waals surface area contributed by atoms with Gasteiger partial charge in [0, 0.05) is 13.1 Å². The zero-order chi connectivity index (χ0) is 22.1. The Morgan fingerprint density at radius 3 is 2.32 bits per heavy atom. The van der Waals surface area contributed by atoms with Crippen LogP contribution in [0, 0.1) is 6.92 Å². The van der Waals surface area contributed by atoms with E-state index < -0.39 is 5.69 Å².